The van der Waals surface area contributed by atoms with Crippen molar-refractivity contribution in [3.8, 4) is 0 Å². The second-order valence-corrected chi connectivity index (χ2v) is 5.76. The molecule has 0 atom stereocenters. The molecule has 5 heteroatoms. The summed E-state index contributed by atoms with van der Waals surface area (Å²) in [4.78, 5) is 14.6. The lowest BCUT2D eigenvalue weighted by molar-refractivity contribution is -0.490. The van der Waals surface area contributed by atoms with E-state index in [0.29, 0.717) is 6.61 Å². The molecule has 0 spiro atoms. The summed E-state index contributed by atoms with van der Waals surface area (Å²) < 4.78 is 0. The number of aliphatic carboxylic acids is 1. The maximum absolute atomic E-state index is 10.2. The number of unbranched alkanes of at least 4 members (excludes halogenated alkanes) is 9. The maximum atomic E-state index is 10.2. The van der Waals surface area contributed by atoms with Crippen molar-refractivity contribution in [1.29, 1.82) is 0 Å². The van der Waals surface area contributed by atoms with Gasteiger partial charge in [0.25, 0.3) is 0 Å². The van der Waals surface area contributed by atoms with Gasteiger partial charge in [-0.05, 0) is 19.3 Å². The normalized spacial score (nSPS) is 12.4. The highest BCUT2D eigenvalue weighted by molar-refractivity contribution is 5.80. The zero-order valence-electron chi connectivity index (χ0n) is 15.0. The summed E-state index contributed by atoms with van der Waals surface area (Å²) in [5.41, 5.74) is 0. The minimum absolute atomic E-state index is 0.456. The molecule has 0 rings (SSSR count). The molecule has 0 heterocycles. The second kappa shape index (κ2) is 20.4. The summed E-state index contributed by atoms with van der Waals surface area (Å²) in [6.45, 7) is 0.456. The third kappa shape index (κ3) is 22.3. The largest absolute Gasteiger partial charge is 0.478 e. The molecule has 0 aromatic rings. The first-order valence-electron chi connectivity index (χ1n) is 9.10. The van der Waals surface area contributed by atoms with Crippen LogP contribution >= 0.6 is 0 Å². The van der Waals surface area contributed by atoms with Crippen LogP contribution in [0.1, 0.15) is 64.2 Å². The van der Waals surface area contributed by atoms with Crippen LogP contribution < -0.4 is 0 Å². The Bertz CT molecular complexity index is 410. The van der Waals surface area contributed by atoms with E-state index in [-0.39, 0.29) is 0 Å². The molecule has 25 heavy (non-hydrogen) atoms. The van der Waals surface area contributed by atoms with E-state index in [0.717, 1.165) is 25.3 Å². The number of carboxylic acid groups (broad SMARTS) is 1. The van der Waals surface area contributed by atoms with Crippen LogP contribution in [0.3, 0.4) is 0 Å². The Kier molecular flexibility index (Phi) is 19.0. The predicted molar refractivity (Wildman–Crippen MR) is 100 cm³/mol. The van der Waals surface area contributed by atoms with Gasteiger partial charge in [0.15, 0.2) is 0 Å². The van der Waals surface area contributed by atoms with E-state index >= 15 is 0 Å². The van der Waals surface area contributed by atoms with Crippen LogP contribution in [0.25, 0.3) is 0 Å². The third-order valence-corrected chi connectivity index (χ3v) is 3.58. The lowest BCUT2D eigenvalue weighted by Gasteiger charge is -2.01. The zero-order chi connectivity index (χ0) is 18.4. The Morgan fingerprint density at radius 1 is 0.720 bits per heavy atom. The van der Waals surface area contributed by atoms with Crippen LogP contribution in [-0.2, 0) is 14.7 Å². The average molecular weight is 352 g/mol. The molecule has 0 fully saturated rings. The molecular weight excluding hydrogens is 320 g/mol. The van der Waals surface area contributed by atoms with Crippen molar-refractivity contribution < 1.29 is 25.1 Å². The van der Waals surface area contributed by atoms with Gasteiger partial charge in [-0.3, -0.25) is 0 Å². The highest BCUT2D eigenvalue weighted by Crippen LogP contribution is 2.10. The van der Waals surface area contributed by atoms with Crippen molar-refractivity contribution in [3.63, 3.8) is 0 Å². The SMILES string of the molecule is O=C(O)C=CC=CC=CC=CCCCCCCCCCCCOOO. The smallest absolute Gasteiger partial charge is 0.328 e. The van der Waals surface area contributed by atoms with Crippen LogP contribution in [0.2, 0.25) is 0 Å². The summed E-state index contributed by atoms with van der Waals surface area (Å²) >= 11 is 0. The fraction of sp³-hybridized carbons (Fsp3) is 0.550. The summed E-state index contributed by atoms with van der Waals surface area (Å²) in [6, 6.07) is 0. The Morgan fingerprint density at radius 2 is 1.24 bits per heavy atom. The van der Waals surface area contributed by atoms with Crippen molar-refractivity contribution in [2.24, 2.45) is 0 Å². The number of carbonyl (C=O) groups is 1. The molecule has 0 bridgehead atoms. The number of hydrogen-bond acceptors (Lipinski definition) is 4. The Balaban J connectivity index is 3.28. The molecule has 0 aliphatic carbocycles. The lowest BCUT2D eigenvalue weighted by atomic mass is 10.1. The van der Waals surface area contributed by atoms with Gasteiger partial charge in [0, 0.05) is 6.08 Å². The summed E-state index contributed by atoms with van der Waals surface area (Å²) in [7, 11) is 0. The highest BCUT2D eigenvalue weighted by Gasteiger charge is 1.93. The monoisotopic (exact) mass is 352 g/mol. The molecule has 0 aliphatic rings. The second-order valence-electron chi connectivity index (χ2n) is 5.76. The standard InChI is InChI=1S/C20H32O5/c21-20(22)18-16-14-12-10-8-6-4-2-1-3-5-7-9-11-13-15-17-19-24-25-23/h4,6,8,10,12,14,16,18,23H,1-3,5,7,9,11,13,15,17,19H2,(H,21,22). The van der Waals surface area contributed by atoms with E-state index in [1.54, 1.807) is 12.2 Å². The minimum Gasteiger partial charge on any atom is -0.478 e. The first-order chi connectivity index (χ1) is 12.3. The van der Waals surface area contributed by atoms with Gasteiger partial charge in [-0.2, -0.15) is 0 Å². The molecule has 2 N–H and O–H groups in total. The molecule has 0 radical (unpaired) electrons. The number of rotatable bonds is 17. The summed E-state index contributed by atoms with van der Waals surface area (Å²) in [5.74, 6) is -0.937. The Morgan fingerprint density at radius 3 is 1.84 bits per heavy atom. The van der Waals surface area contributed by atoms with Gasteiger partial charge in [-0.25, -0.2) is 14.9 Å². The van der Waals surface area contributed by atoms with E-state index in [1.165, 1.54) is 51.0 Å². The van der Waals surface area contributed by atoms with Crippen LogP contribution in [0, 0.1) is 0 Å². The Hall–Kier alpha value is -1.69. The van der Waals surface area contributed by atoms with E-state index in [9.17, 15) is 4.79 Å². The number of hydrogen-bond donors (Lipinski definition) is 2. The van der Waals surface area contributed by atoms with Crippen LogP contribution in [-0.4, -0.2) is 22.9 Å². The van der Waals surface area contributed by atoms with Gasteiger partial charge in [-0.1, -0.05) is 92.5 Å². The summed E-state index contributed by atoms with van der Waals surface area (Å²) in [6.07, 6.45) is 26.1. The van der Waals surface area contributed by atoms with Crippen molar-refractivity contribution in [2.75, 3.05) is 6.61 Å². The van der Waals surface area contributed by atoms with Gasteiger partial charge in [-0.15, -0.1) is 0 Å². The fourth-order valence-electron chi connectivity index (χ4n) is 2.27. The first kappa shape index (κ1) is 23.3. The van der Waals surface area contributed by atoms with Crippen molar-refractivity contribution in [2.45, 2.75) is 64.2 Å². The first-order valence-corrected chi connectivity index (χ1v) is 9.10. The molecule has 5 nitrogen and oxygen atoms in total. The topological polar surface area (TPSA) is 76.0 Å². The van der Waals surface area contributed by atoms with E-state index in [2.05, 4.69) is 16.0 Å². The molecule has 0 saturated heterocycles. The van der Waals surface area contributed by atoms with Gasteiger partial charge in [0.1, 0.15) is 0 Å². The van der Waals surface area contributed by atoms with Gasteiger partial charge in [0.05, 0.1) is 6.61 Å². The number of allylic oxidation sites excluding steroid dienone is 7. The van der Waals surface area contributed by atoms with E-state index < -0.39 is 5.97 Å². The van der Waals surface area contributed by atoms with E-state index in [1.807, 2.05) is 18.2 Å². The van der Waals surface area contributed by atoms with Crippen molar-refractivity contribution in [1.82, 2.24) is 0 Å². The molecule has 0 aliphatic heterocycles. The lowest BCUT2D eigenvalue weighted by Crippen LogP contribution is -1.92. The summed E-state index contributed by atoms with van der Waals surface area (Å²) in [5, 5.41) is 19.9. The van der Waals surface area contributed by atoms with Gasteiger partial charge >= 0.3 is 5.97 Å². The average Bonchev–Trinajstić information content (AvgIpc) is 2.60. The molecule has 142 valence electrons. The molecular formula is C20H32O5. The molecule has 0 aromatic heterocycles. The van der Waals surface area contributed by atoms with Crippen LogP contribution in [0.4, 0.5) is 0 Å². The zero-order valence-corrected chi connectivity index (χ0v) is 15.0. The molecule has 0 saturated carbocycles. The van der Waals surface area contributed by atoms with Gasteiger partial charge < -0.3 is 5.11 Å². The molecule has 0 amide bonds. The maximum Gasteiger partial charge on any atom is 0.328 e. The van der Waals surface area contributed by atoms with Crippen molar-refractivity contribution >= 4 is 5.97 Å². The van der Waals surface area contributed by atoms with Crippen molar-refractivity contribution in [3.05, 3.63) is 48.6 Å². The minimum atomic E-state index is -0.937. The fourth-order valence-corrected chi connectivity index (χ4v) is 2.27. The number of carboxylic acids is 1. The third-order valence-electron chi connectivity index (χ3n) is 3.58. The molecule has 0 aromatic carbocycles. The quantitative estimate of drug-likeness (QED) is 0.117. The Labute approximate surface area is 151 Å². The molecule has 0 unspecified atom stereocenters. The van der Waals surface area contributed by atoms with Crippen LogP contribution in [0.5, 0.6) is 0 Å². The van der Waals surface area contributed by atoms with Crippen LogP contribution in [0.15, 0.2) is 48.6 Å². The highest BCUT2D eigenvalue weighted by atomic mass is 17.5. The van der Waals surface area contributed by atoms with Gasteiger partial charge in [0.2, 0.25) is 0 Å². The predicted octanol–water partition coefficient (Wildman–Crippen LogP) is 5.62. The van der Waals surface area contributed by atoms with E-state index in [4.69, 9.17) is 10.4 Å².